The van der Waals surface area contributed by atoms with E-state index >= 15 is 0 Å². The molecule has 0 bridgehead atoms. The van der Waals surface area contributed by atoms with E-state index < -0.39 is 0 Å². The Morgan fingerprint density at radius 2 is 2.31 bits per heavy atom. The van der Waals surface area contributed by atoms with Gasteiger partial charge in [0.1, 0.15) is 6.54 Å². The Morgan fingerprint density at radius 1 is 1.46 bits per heavy atom. The van der Waals surface area contributed by atoms with Crippen molar-refractivity contribution in [1.82, 2.24) is 0 Å². The maximum atomic E-state index is 2.33. The van der Waals surface area contributed by atoms with Crippen LogP contribution in [0.2, 0.25) is 0 Å². The summed E-state index contributed by atoms with van der Waals surface area (Å²) in [5.74, 6) is 0. The molecular formula is C12H16N+. The fraction of sp³-hybridized carbons (Fsp3) is 0.417. The van der Waals surface area contributed by atoms with Gasteiger partial charge in [0, 0.05) is 17.2 Å². The number of nitrogens with zero attached hydrogens (tertiary/aromatic N) is 1. The highest BCUT2D eigenvalue weighted by Crippen LogP contribution is 2.16. The number of aromatic nitrogens is 1. The summed E-state index contributed by atoms with van der Waals surface area (Å²) in [6, 6.07) is 2.31. The minimum absolute atomic E-state index is 1.06. The summed E-state index contributed by atoms with van der Waals surface area (Å²) in [5.41, 5.74) is 4.28. The van der Waals surface area contributed by atoms with E-state index in [1.54, 1.807) is 0 Å². The van der Waals surface area contributed by atoms with E-state index in [9.17, 15) is 0 Å². The zero-order valence-corrected chi connectivity index (χ0v) is 8.38. The molecule has 1 heterocycles. The second kappa shape index (κ2) is 3.33. The van der Waals surface area contributed by atoms with Gasteiger partial charge in [0.05, 0.1) is 0 Å². The highest BCUT2D eigenvalue weighted by Gasteiger charge is 2.15. The van der Waals surface area contributed by atoms with Crippen LogP contribution < -0.4 is 4.57 Å². The summed E-state index contributed by atoms with van der Waals surface area (Å²) in [5, 5.41) is 0. The Balaban J connectivity index is 2.59. The lowest BCUT2D eigenvalue weighted by Gasteiger charge is -2.09. The van der Waals surface area contributed by atoms with Gasteiger partial charge in [0.25, 0.3) is 0 Å². The Bertz CT molecular complexity index is 350. The van der Waals surface area contributed by atoms with Crippen molar-refractivity contribution in [3.63, 3.8) is 0 Å². The molecule has 13 heavy (non-hydrogen) atoms. The predicted octanol–water partition coefficient (Wildman–Crippen LogP) is 2.26. The van der Waals surface area contributed by atoms with Gasteiger partial charge in [-0.1, -0.05) is 6.08 Å². The number of pyridine rings is 1. The van der Waals surface area contributed by atoms with Crippen LogP contribution >= 0.6 is 0 Å². The molecule has 1 heteroatoms. The van der Waals surface area contributed by atoms with Crippen molar-refractivity contribution in [2.24, 2.45) is 0 Å². The average molecular weight is 174 g/mol. The first-order valence-corrected chi connectivity index (χ1v) is 5.00. The fourth-order valence-electron chi connectivity index (χ4n) is 1.98. The molecule has 0 unspecified atom stereocenters. The highest BCUT2D eigenvalue weighted by atomic mass is 14.9. The maximum Gasteiger partial charge on any atom is 0.208 e. The van der Waals surface area contributed by atoms with Crippen LogP contribution in [0.25, 0.3) is 6.08 Å². The molecule has 0 fully saturated rings. The number of hydrogen-bond donors (Lipinski definition) is 0. The standard InChI is InChI=1S/C12H16N/c1-3-13-9-10(2)8-11-6-4-5-7-12(11)13/h5,7-9H,3-4,6H2,1-2H3/q+1. The molecule has 0 amide bonds. The monoisotopic (exact) mass is 174 g/mol. The second-order valence-electron chi connectivity index (χ2n) is 3.65. The molecule has 0 N–H and O–H groups in total. The first kappa shape index (κ1) is 8.49. The molecule has 0 atom stereocenters. The summed E-state index contributed by atoms with van der Waals surface area (Å²) in [7, 11) is 0. The lowest BCUT2D eigenvalue weighted by atomic mass is 10.0. The molecule has 1 aromatic rings. The molecule has 68 valence electrons. The lowest BCUT2D eigenvalue weighted by Crippen LogP contribution is -2.37. The number of fused-ring (bicyclic) bond motifs is 1. The van der Waals surface area contributed by atoms with Gasteiger partial charge in [-0.05, 0) is 32.8 Å². The number of rotatable bonds is 1. The first-order chi connectivity index (χ1) is 6.31. The molecule has 1 aliphatic carbocycles. The Labute approximate surface area is 79.7 Å². The minimum Gasteiger partial charge on any atom is -0.199 e. The zero-order valence-electron chi connectivity index (χ0n) is 8.38. The highest BCUT2D eigenvalue weighted by molar-refractivity contribution is 5.49. The molecule has 1 aliphatic rings. The van der Waals surface area contributed by atoms with Gasteiger partial charge < -0.3 is 0 Å². The number of allylic oxidation sites excluding steroid dienone is 1. The van der Waals surface area contributed by atoms with Gasteiger partial charge in [0.15, 0.2) is 6.20 Å². The van der Waals surface area contributed by atoms with E-state index in [1.807, 2.05) is 0 Å². The SMILES string of the molecule is CC[n+]1cc(C)cc2c1C=CCC2. The van der Waals surface area contributed by atoms with Crippen molar-refractivity contribution in [2.45, 2.75) is 33.2 Å². The summed E-state index contributed by atoms with van der Waals surface area (Å²) in [4.78, 5) is 0. The van der Waals surface area contributed by atoms with Crippen LogP contribution in [0.1, 0.15) is 30.2 Å². The summed E-state index contributed by atoms with van der Waals surface area (Å²) in [6.07, 6.45) is 9.15. The lowest BCUT2D eigenvalue weighted by molar-refractivity contribution is -0.696. The quantitative estimate of drug-likeness (QED) is 0.575. The van der Waals surface area contributed by atoms with Crippen LogP contribution in [0.15, 0.2) is 18.3 Å². The first-order valence-electron chi connectivity index (χ1n) is 5.00. The molecule has 0 saturated heterocycles. The van der Waals surface area contributed by atoms with E-state index in [4.69, 9.17) is 0 Å². The van der Waals surface area contributed by atoms with Crippen LogP contribution in [0.3, 0.4) is 0 Å². The van der Waals surface area contributed by atoms with Crippen molar-refractivity contribution >= 4 is 6.08 Å². The Kier molecular flexibility index (Phi) is 2.17. The predicted molar refractivity (Wildman–Crippen MR) is 54.4 cm³/mol. The van der Waals surface area contributed by atoms with Gasteiger partial charge >= 0.3 is 0 Å². The molecule has 1 aromatic heterocycles. The summed E-state index contributed by atoms with van der Waals surface area (Å²) in [6.45, 7) is 5.43. The van der Waals surface area contributed by atoms with Crippen LogP contribution in [0.4, 0.5) is 0 Å². The second-order valence-corrected chi connectivity index (χ2v) is 3.65. The normalized spacial score (nSPS) is 14.3. The number of hydrogen-bond acceptors (Lipinski definition) is 0. The molecule has 1 nitrogen and oxygen atoms in total. The molecular weight excluding hydrogens is 158 g/mol. The van der Waals surface area contributed by atoms with Crippen LogP contribution in [-0.4, -0.2) is 0 Å². The molecule has 0 radical (unpaired) electrons. The number of aryl methyl sites for hydroxylation is 3. The van der Waals surface area contributed by atoms with E-state index in [2.05, 4.69) is 42.8 Å². The van der Waals surface area contributed by atoms with Gasteiger partial charge in [-0.25, -0.2) is 0 Å². The van der Waals surface area contributed by atoms with Crippen molar-refractivity contribution in [2.75, 3.05) is 0 Å². The third-order valence-electron chi connectivity index (χ3n) is 2.60. The van der Waals surface area contributed by atoms with Crippen molar-refractivity contribution in [3.8, 4) is 0 Å². The smallest absolute Gasteiger partial charge is 0.199 e. The molecule has 0 spiro atoms. The van der Waals surface area contributed by atoms with Crippen LogP contribution in [-0.2, 0) is 13.0 Å². The largest absolute Gasteiger partial charge is 0.208 e. The molecule has 0 aliphatic heterocycles. The van der Waals surface area contributed by atoms with Crippen molar-refractivity contribution < 1.29 is 4.57 Å². The third kappa shape index (κ3) is 1.51. The van der Waals surface area contributed by atoms with Gasteiger partial charge in [-0.2, -0.15) is 4.57 Å². The van der Waals surface area contributed by atoms with Gasteiger partial charge in [0.2, 0.25) is 5.69 Å². The molecule has 0 saturated carbocycles. The van der Waals surface area contributed by atoms with Crippen LogP contribution in [0.5, 0.6) is 0 Å². The van der Waals surface area contributed by atoms with E-state index in [1.165, 1.54) is 29.7 Å². The minimum atomic E-state index is 1.06. The summed E-state index contributed by atoms with van der Waals surface area (Å²) >= 11 is 0. The average Bonchev–Trinajstić information content (AvgIpc) is 2.16. The molecule has 2 rings (SSSR count). The van der Waals surface area contributed by atoms with Crippen molar-refractivity contribution in [3.05, 3.63) is 35.2 Å². The maximum absolute atomic E-state index is 2.33. The van der Waals surface area contributed by atoms with E-state index in [0.29, 0.717) is 0 Å². The van der Waals surface area contributed by atoms with Gasteiger partial charge in [-0.15, -0.1) is 0 Å². The fourth-order valence-corrected chi connectivity index (χ4v) is 1.98. The third-order valence-corrected chi connectivity index (χ3v) is 2.60. The van der Waals surface area contributed by atoms with Crippen LogP contribution in [0, 0.1) is 6.92 Å². The zero-order chi connectivity index (χ0) is 9.26. The van der Waals surface area contributed by atoms with E-state index in [-0.39, 0.29) is 0 Å². The van der Waals surface area contributed by atoms with Crippen molar-refractivity contribution in [1.29, 1.82) is 0 Å². The Morgan fingerprint density at radius 3 is 3.08 bits per heavy atom. The Hall–Kier alpha value is -1.11. The van der Waals surface area contributed by atoms with Gasteiger partial charge in [-0.3, -0.25) is 0 Å². The van der Waals surface area contributed by atoms with E-state index in [0.717, 1.165) is 6.54 Å². The molecule has 0 aromatic carbocycles. The summed E-state index contributed by atoms with van der Waals surface area (Å²) < 4.78 is 2.33. The topological polar surface area (TPSA) is 3.88 Å².